The zero-order chi connectivity index (χ0) is 14.9. The first-order valence-electron chi connectivity index (χ1n) is 6.43. The van der Waals surface area contributed by atoms with Crippen LogP contribution in [0, 0.1) is 17.0 Å². The summed E-state index contributed by atoms with van der Waals surface area (Å²) in [7, 11) is 0. The summed E-state index contributed by atoms with van der Waals surface area (Å²) in [5, 5.41) is 12.3. The Bertz CT molecular complexity index is 538. The summed E-state index contributed by atoms with van der Waals surface area (Å²) >= 11 is 3.06. The monoisotopic (exact) mass is 347 g/mol. The Morgan fingerprint density at radius 1 is 1.50 bits per heavy atom. The normalized spacial score (nSPS) is 25.8. The molecule has 0 aromatic heterocycles. The van der Waals surface area contributed by atoms with Gasteiger partial charge in [0.25, 0.3) is 5.91 Å². The number of aliphatic hydroxyl groups is 1. The van der Waals surface area contributed by atoms with E-state index in [-0.39, 0.29) is 28.1 Å². The lowest BCUT2D eigenvalue weighted by atomic mass is 9.85. The highest BCUT2D eigenvalue weighted by Crippen LogP contribution is 2.37. The minimum absolute atomic E-state index is 0.0170. The fraction of sp³-hybridized carbons (Fsp3) is 0.500. The first-order valence-corrected chi connectivity index (χ1v) is 7.23. The molecule has 0 bridgehead atoms. The van der Waals surface area contributed by atoms with Gasteiger partial charge in [-0.3, -0.25) is 4.79 Å². The van der Waals surface area contributed by atoms with E-state index in [2.05, 4.69) is 21.2 Å². The molecule has 0 saturated heterocycles. The number of hydrogen-bond acceptors (Lipinski definition) is 2. The van der Waals surface area contributed by atoms with E-state index in [1.54, 1.807) is 0 Å². The van der Waals surface area contributed by atoms with Gasteiger partial charge < -0.3 is 10.4 Å². The molecule has 1 amide bonds. The molecule has 1 fully saturated rings. The summed E-state index contributed by atoms with van der Waals surface area (Å²) < 4.78 is 26.5. The molecule has 3 nitrogen and oxygen atoms in total. The van der Waals surface area contributed by atoms with Gasteiger partial charge in [0.05, 0.1) is 12.2 Å². The van der Waals surface area contributed by atoms with Gasteiger partial charge in [0.1, 0.15) is 0 Å². The van der Waals surface area contributed by atoms with Crippen molar-refractivity contribution < 1.29 is 18.7 Å². The summed E-state index contributed by atoms with van der Waals surface area (Å²) in [5.74, 6) is -2.54. The molecule has 110 valence electrons. The third-order valence-corrected chi connectivity index (χ3v) is 4.66. The Hall–Kier alpha value is -1.01. The van der Waals surface area contributed by atoms with Crippen molar-refractivity contribution in [2.24, 2.45) is 5.41 Å². The van der Waals surface area contributed by atoms with Crippen molar-refractivity contribution in [2.75, 3.05) is 6.61 Å². The maximum atomic E-state index is 13.2. The van der Waals surface area contributed by atoms with Gasteiger partial charge >= 0.3 is 0 Å². The molecule has 20 heavy (non-hydrogen) atoms. The maximum absolute atomic E-state index is 13.2. The van der Waals surface area contributed by atoms with Crippen molar-refractivity contribution in [3.63, 3.8) is 0 Å². The van der Waals surface area contributed by atoms with E-state index in [1.807, 2.05) is 6.92 Å². The third-order valence-electron chi connectivity index (χ3n) is 4.00. The number of halogens is 3. The van der Waals surface area contributed by atoms with Crippen LogP contribution >= 0.6 is 15.9 Å². The molecule has 1 aromatic carbocycles. The van der Waals surface area contributed by atoms with E-state index in [4.69, 9.17) is 0 Å². The number of aliphatic hydroxyl groups excluding tert-OH is 1. The molecule has 0 spiro atoms. The number of benzene rings is 1. The molecule has 1 saturated carbocycles. The second-order valence-corrected chi connectivity index (χ2v) is 6.33. The van der Waals surface area contributed by atoms with Crippen LogP contribution in [0.15, 0.2) is 16.6 Å². The number of rotatable bonds is 3. The lowest BCUT2D eigenvalue weighted by molar-refractivity contribution is 0.0829. The lowest BCUT2D eigenvalue weighted by Crippen LogP contribution is -2.44. The number of hydrogen-bond donors (Lipinski definition) is 2. The molecule has 2 unspecified atom stereocenters. The summed E-state index contributed by atoms with van der Waals surface area (Å²) in [6.45, 7) is 1.89. The zero-order valence-electron chi connectivity index (χ0n) is 11.0. The van der Waals surface area contributed by atoms with Crippen LogP contribution in [0.5, 0.6) is 0 Å². The van der Waals surface area contributed by atoms with Crippen LogP contribution < -0.4 is 5.32 Å². The molecule has 2 rings (SSSR count). The lowest BCUT2D eigenvalue weighted by Gasteiger charge is -2.30. The van der Waals surface area contributed by atoms with Gasteiger partial charge in [0.2, 0.25) is 0 Å². The second kappa shape index (κ2) is 5.77. The zero-order valence-corrected chi connectivity index (χ0v) is 12.6. The van der Waals surface area contributed by atoms with Crippen molar-refractivity contribution >= 4 is 21.8 Å². The quantitative estimate of drug-likeness (QED) is 0.825. The van der Waals surface area contributed by atoms with Crippen molar-refractivity contribution in [3.05, 3.63) is 33.8 Å². The first-order chi connectivity index (χ1) is 9.37. The molecule has 0 radical (unpaired) electrons. The molecular formula is C14H16BrF2NO2. The topological polar surface area (TPSA) is 49.3 Å². The second-order valence-electron chi connectivity index (χ2n) is 5.48. The Kier molecular flexibility index (Phi) is 4.44. The van der Waals surface area contributed by atoms with Gasteiger partial charge in [-0.25, -0.2) is 8.78 Å². The smallest absolute Gasteiger partial charge is 0.252 e. The van der Waals surface area contributed by atoms with Crippen LogP contribution in [0.1, 0.15) is 36.5 Å². The van der Waals surface area contributed by atoms with Gasteiger partial charge in [0.15, 0.2) is 11.6 Å². The van der Waals surface area contributed by atoms with Crippen LogP contribution in [0.25, 0.3) is 0 Å². The van der Waals surface area contributed by atoms with Crippen LogP contribution in [0.4, 0.5) is 8.78 Å². The average molecular weight is 348 g/mol. The molecule has 1 aromatic rings. The van der Waals surface area contributed by atoms with Gasteiger partial charge in [0, 0.05) is 15.9 Å². The molecule has 2 atom stereocenters. The van der Waals surface area contributed by atoms with Crippen molar-refractivity contribution in [1.29, 1.82) is 0 Å². The van der Waals surface area contributed by atoms with Crippen LogP contribution in [-0.4, -0.2) is 23.7 Å². The van der Waals surface area contributed by atoms with E-state index < -0.39 is 17.5 Å². The average Bonchev–Trinajstić information content (AvgIpc) is 2.76. The van der Waals surface area contributed by atoms with E-state index in [0.717, 1.165) is 31.4 Å². The SMILES string of the molecule is CC1(CO)CCCC1NC(=O)c1cc(F)c(F)cc1Br. The molecule has 1 aliphatic rings. The molecule has 2 N–H and O–H groups in total. The predicted octanol–water partition coefficient (Wildman–Crippen LogP) is 3.01. The number of carbonyl (C=O) groups is 1. The molecule has 0 heterocycles. The molecule has 6 heteroatoms. The summed E-state index contributed by atoms with van der Waals surface area (Å²) in [6.07, 6.45) is 2.51. The Labute approximate surface area is 124 Å². The minimum Gasteiger partial charge on any atom is -0.396 e. The fourth-order valence-electron chi connectivity index (χ4n) is 2.60. The molecular weight excluding hydrogens is 332 g/mol. The third kappa shape index (κ3) is 2.86. The Morgan fingerprint density at radius 3 is 2.80 bits per heavy atom. The highest BCUT2D eigenvalue weighted by atomic mass is 79.9. The summed E-state index contributed by atoms with van der Waals surface area (Å²) in [4.78, 5) is 12.2. The van der Waals surface area contributed by atoms with Crippen molar-refractivity contribution in [2.45, 2.75) is 32.2 Å². The minimum atomic E-state index is -1.06. The number of nitrogens with one attached hydrogen (secondary N) is 1. The van der Waals surface area contributed by atoms with E-state index >= 15 is 0 Å². The van der Waals surface area contributed by atoms with Crippen LogP contribution in [0.3, 0.4) is 0 Å². The largest absolute Gasteiger partial charge is 0.396 e. The highest BCUT2D eigenvalue weighted by molar-refractivity contribution is 9.10. The highest BCUT2D eigenvalue weighted by Gasteiger charge is 2.39. The molecule has 1 aliphatic carbocycles. The van der Waals surface area contributed by atoms with Crippen LogP contribution in [0.2, 0.25) is 0 Å². The van der Waals surface area contributed by atoms with Crippen molar-refractivity contribution in [1.82, 2.24) is 5.32 Å². The first kappa shape index (κ1) is 15.4. The van der Waals surface area contributed by atoms with Gasteiger partial charge in [-0.2, -0.15) is 0 Å². The van der Waals surface area contributed by atoms with E-state index in [1.165, 1.54) is 0 Å². The van der Waals surface area contributed by atoms with Crippen LogP contribution in [-0.2, 0) is 0 Å². The number of amides is 1. The molecule has 0 aliphatic heterocycles. The predicted molar refractivity (Wildman–Crippen MR) is 74.4 cm³/mol. The standard InChI is InChI=1S/C14H16BrF2NO2/c1-14(7-19)4-2-3-12(14)18-13(20)8-5-10(16)11(17)6-9(8)15/h5-6,12,19H,2-4,7H2,1H3,(H,18,20). The van der Waals surface area contributed by atoms with E-state index in [9.17, 15) is 18.7 Å². The Balaban J connectivity index is 2.19. The van der Waals surface area contributed by atoms with Gasteiger partial charge in [-0.1, -0.05) is 13.3 Å². The van der Waals surface area contributed by atoms with Crippen molar-refractivity contribution in [3.8, 4) is 0 Å². The van der Waals surface area contributed by atoms with Gasteiger partial charge in [-0.05, 0) is 40.9 Å². The van der Waals surface area contributed by atoms with Gasteiger partial charge in [-0.15, -0.1) is 0 Å². The Morgan fingerprint density at radius 2 is 2.15 bits per heavy atom. The maximum Gasteiger partial charge on any atom is 0.252 e. The summed E-state index contributed by atoms with van der Waals surface area (Å²) in [6, 6.07) is 1.64. The fourth-order valence-corrected chi connectivity index (χ4v) is 3.10. The number of carbonyl (C=O) groups excluding carboxylic acids is 1. The summed E-state index contributed by atoms with van der Waals surface area (Å²) in [5.41, 5.74) is -0.308. The van der Waals surface area contributed by atoms with E-state index in [0.29, 0.717) is 0 Å².